The van der Waals surface area contributed by atoms with E-state index in [1.807, 2.05) is 6.92 Å². The summed E-state index contributed by atoms with van der Waals surface area (Å²) in [6.45, 7) is 7.93. The topological polar surface area (TPSA) is 33.3 Å². The fourth-order valence-electron chi connectivity index (χ4n) is 2.59. The van der Waals surface area contributed by atoms with Crippen LogP contribution >= 0.6 is 0 Å². The van der Waals surface area contributed by atoms with Gasteiger partial charge >= 0.3 is 0 Å². The van der Waals surface area contributed by atoms with E-state index >= 15 is 0 Å². The van der Waals surface area contributed by atoms with E-state index in [9.17, 15) is 0 Å². The zero-order valence-electron chi connectivity index (χ0n) is 12.0. The fraction of sp³-hybridized carbons (Fsp3) is 0.625. The molecule has 3 heteroatoms. The highest BCUT2D eigenvalue weighted by molar-refractivity contribution is 5.26. The van der Waals surface area contributed by atoms with Gasteiger partial charge in [0.25, 0.3) is 0 Å². The SMILES string of the molecule is CCOCc1ccccc1CNCC1CCCNC1. The van der Waals surface area contributed by atoms with E-state index in [0.717, 1.165) is 38.8 Å². The van der Waals surface area contributed by atoms with E-state index in [2.05, 4.69) is 34.9 Å². The Kier molecular flexibility index (Phi) is 6.34. The van der Waals surface area contributed by atoms with Gasteiger partial charge in [-0.2, -0.15) is 0 Å². The summed E-state index contributed by atoms with van der Waals surface area (Å²) in [5.74, 6) is 0.785. The molecule has 1 saturated heterocycles. The maximum atomic E-state index is 5.52. The first-order chi connectivity index (χ1) is 9.40. The molecule has 1 unspecified atom stereocenters. The van der Waals surface area contributed by atoms with Crippen molar-refractivity contribution in [1.29, 1.82) is 0 Å². The molecule has 1 atom stereocenters. The van der Waals surface area contributed by atoms with Crippen LogP contribution in [0, 0.1) is 5.92 Å². The smallest absolute Gasteiger partial charge is 0.0719 e. The van der Waals surface area contributed by atoms with Crippen LogP contribution in [0.15, 0.2) is 24.3 Å². The van der Waals surface area contributed by atoms with Crippen molar-refractivity contribution in [3.05, 3.63) is 35.4 Å². The second-order valence-electron chi connectivity index (χ2n) is 5.25. The summed E-state index contributed by atoms with van der Waals surface area (Å²) in [4.78, 5) is 0. The first-order valence-corrected chi connectivity index (χ1v) is 7.46. The van der Waals surface area contributed by atoms with Gasteiger partial charge in [0.2, 0.25) is 0 Å². The first kappa shape index (κ1) is 14.5. The lowest BCUT2D eigenvalue weighted by molar-refractivity contribution is 0.133. The highest BCUT2D eigenvalue weighted by Gasteiger charge is 2.12. The molecule has 1 aliphatic heterocycles. The van der Waals surface area contributed by atoms with Crippen molar-refractivity contribution in [2.75, 3.05) is 26.2 Å². The molecule has 2 rings (SSSR count). The van der Waals surface area contributed by atoms with Gasteiger partial charge in [0.05, 0.1) is 6.61 Å². The molecule has 0 spiro atoms. The number of benzene rings is 1. The molecule has 1 aromatic rings. The van der Waals surface area contributed by atoms with Gasteiger partial charge in [0.15, 0.2) is 0 Å². The number of ether oxygens (including phenoxy) is 1. The van der Waals surface area contributed by atoms with Crippen LogP contribution in [0.5, 0.6) is 0 Å². The first-order valence-electron chi connectivity index (χ1n) is 7.46. The van der Waals surface area contributed by atoms with E-state index in [1.54, 1.807) is 0 Å². The van der Waals surface area contributed by atoms with Gasteiger partial charge in [0.1, 0.15) is 0 Å². The fourth-order valence-corrected chi connectivity index (χ4v) is 2.59. The van der Waals surface area contributed by atoms with Crippen LogP contribution < -0.4 is 10.6 Å². The van der Waals surface area contributed by atoms with Crippen molar-refractivity contribution in [2.24, 2.45) is 5.92 Å². The zero-order chi connectivity index (χ0) is 13.3. The monoisotopic (exact) mass is 262 g/mol. The lowest BCUT2D eigenvalue weighted by Gasteiger charge is -2.23. The molecule has 0 amide bonds. The van der Waals surface area contributed by atoms with E-state index in [0.29, 0.717) is 0 Å². The number of hydrogen-bond donors (Lipinski definition) is 2. The average molecular weight is 262 g/mol. The Labute approximate surface area is 116 Å². The van der Waals surface area contributed by atoms with Gasteiger partial charge in [-0.05, 0) is 56.4 Å². The Bertz CT molecular complexity index is 362. The maximum Gasteiger partial charge on any atom is 0.0719 e. The van der Waals surface area contributed by atoms with Gasteiger partial charge in [-0.1, -0.05) is 24.3 Å². The molecule has 0 saturated carbocycles. The second-order valence-corrected chi connectivity index (χ2v) is 5.25. The lowest BCUT2D eigenvalue weighted by Crippen LogP contribution is -2.35. The van der Waals surface area contributed by atoms with E-state index < -0.39 is 0 Å². The third-order valence-corrected chi connectivity index (χ3v) is 3.73. The van der Waals surface area contributed by atoms with Gasteiger partial charge in [0, 0.05) is 13.2 Å². The summed E-state index contributed by atoms with van der Waals surface area (Å²) in [5.41, 5.74) is 2.67. The minimum absolute atomic E-state index is 0.722. The molecule has 1 aliphatic rings. The minimum atomic E-state index is 0.722. The molecular weight excluding hydrogens is 236 g/mol. The molecule has 19 heavy (non-hydrogen) atoms. The van der Waals surface area contributed by atoms with Crippen LogP contribution in [-0.2, 0) is 17.9 Å². The van der Waals surface area contributed by atoms with E-state index in [-0.39, 0.29) is 0 Å². The van der Waals surface area contributed by atoms with Crippen LogP contribution in [0.4, 0.5) is 0 Å². The summed E-state index contributed by atoms with van der Waals surface area (Å²) in [5, 5.41) is 7.06. The molecule has 106 valence electrons. The van der Waals surface area contributed by atoms with E-state index in [1.165, 1.54) is 30.5 Å². The quantitative estimate of drug-likeness (QED) is 0.791. The number of rotatable bonds is 7. The Morgan fingerprint density at radius 2 is 2.16 bits per heavy atom. The molecule has 0 radical (unpaired) electrons. The molecule has 0 bridgehead atoms. The Morgan fingerprint density at radius 1 is 1.32 bits per heavy atom. The van der Waals surface area contributed by atoms with Gasteiger partial charge < -0.3 is 15.4 Å². The maximum absolute atomic E-state index is 5.52. The Hall–Kier alpha value is -0.900. The van der Waals surface area contributed by atoms with E-state index in [4.69, 9.17) is 4.74 Å². The highest BCUT2D eigenvalue weighted by Crippen LogP contribution is 2.12. The van der Waals surface area contributed by atoms with Crippen molar-refractivity contribution in [3.8, 4) is 0 Å². The van der Waals surface area contributed by atoms with Gasteiger partial charge in [-0.15, -0.1) is 0 Å². The Balaban J connectivity index is 1.77. The summed E-state index contributed by atoms with van der Waals surface area (Å²) < 4.78 is 5.52. The number of hydrogen-bond acceptors (Lipinski definition) is 3. The van der Waals surface area contributed by atoms with Crippen LogP contribution in [0.25, 0.3) is 0 Å². The van der Waals surface area contributed by atoms with Crippen molar-refractivity contribution < 1.29 is 4.74 Å². The molecule has 2 N–H and O–H groups in total. The van der Waals surface area contributed by atoms with Gasteiger partial charge in [-0.25, -0.2) is 0 Å². The normalized spacial score (nSPS) is 19.5. The molecule has 0 aromatic heterocycles. The highest BCUT2D eigenvalue weighted by atomic mass is 16.5. The lowest BCUT2D eigenvalue weighted by atomic mass is 9.99. The second kappa shape index (κ2) is 8.31. The Morgan fingerprint density at radius 3 is 2.89 bits per heavy atom. The van der Waals surface area contributed by atoms with Crippen LogP contribution in [0.1, 0.15) is 30.9 Å². The summed E-state index contributed by atoms with van der Waals surface area (Å²) >= 11 is 0. The van der Waals surface area contributed by atoms with Crippen LogP contribution in [0.3, 0.4) is 0 Å². The van der Waals surface area contributed by atoms with Crippen LogP contribution in [0.2, 0.25) is 0 Å². The number of piperidine rings is 1. The van der Waals surface area contributed by atoms with Crippen molar-refractivity contribution >= 4 is 0 Å². The summed E-state index contributed by atoms with van der Waals surface area (Å²) in [6, 6.07) is 8.55. The number of nitrogens with one attached hydrogen (secondary N) is 2. The van der Waals surface area contributed by atoms with Crippen molar-refractivity contribution in [1.82, 2.24) is 10.6 Å². The predicted molar refractivity (Wildman–Crippen MR) is 79.1 cm³/mol. The van der Waals surface area contributed by atoms with Crippen LogP contribution in [-0.4, -0.2) is 26.2 Å². The molecule has 1 aromatic carbocycles. The third-order valence-electron chi connectivity index (χ3n) is 3.73. The zero-order valence-corrected chi connectivity index (χ0v) is 12.0. The molecule has 1 fully saturated rings. The standard InChI is InChI=1S/C16H26N2O/c1-2-19-13-16-8-4-3-7-15(16)12-18-11-14-6-5-9-17-10-14/h3-4,7-8,14,17-18H,2,5-6,9-13H2,1H3. The third kappa shape index (κ3) is 4.94. The summed E-state index contributed by atoms with van der Waals surface area (Å²) in [6.07, 6.45) is 2.66. The van der Waals surface area contributed by atoms with Crippen molar-refractivity contribution in [3.63, 3.8) is 0 Å². The van der Waals surface area contributed by atoms with Crippen molar-refractivity contribution in [2.45, 2.75) is 32.9 Å². The predicted octanol–water partition coefficient (Wildman–Crippen LogP) is 2.31. The molecular formula is C16H26N2O. The molecule has 0 aliphatic carbocycles. The largest absolute Gasteiger partial charge is 0.377 e. The molecule has 3 nitrogen and oxygen atoms in total. The molecule has 1 heterocycles. The average Bonchev–Trinajstić information content (AvgIpc) is 2.47. The minimum Gasteiger partial charge on any atom is -0.377 e. The van der Waals surface area contributed by atoms with Gasteiger partial charge in [-0.3, -0.25) is 0 Å². The summed E-state index contributed by atoms with van der Waals surface area (Å²) in [7, 11) is 0.